The number of hydrogen-bond acceptors (Lipinski definition) is 2. The van der Waals surface area contributed by atoms with Gasteiger partial charge in [0.15, 0.2) is 0 Å². The molecule has 3 radical (unpaired) electrons. The van der Waals surface area contributed by atoms with Gasteiger partial charge < -0.3 is 0 Å². The number of carbonyl (C=O) groups excluding carboxylic acids is 1. The van der Waals surface area contributed by atoms with Crippen LogP contribution in [0, 0.1) is 0 Å². The summed E-state index contributed by atoms with van der Waals surface area (Å²) in [5, 5.41) is 0. The van der Waals surface area contributed by atoms with Crippen molar-refractivity contribution < 1.29 is 7.87 Å². The monoisotopic (exact) mass is 403 g/mol. The van der Waals surface area contributed by atoms with Crippen molar-refractivity contribution in [3.63, 3.8) is 0 Å². The van der Waals surface area contributed by atoms with Gasteiger partial charge in [0, 0.05) is 0 Å². The molecule has 0 aliphatic heterocycles. The van der Waals surface area contributed by atoms with Gasteiger partial charge in [0.25, 0.3) is 0 Å². The van der Waals surface area contributed by atoms with Crippen molar-refractivity contribution in [1.82, 2.24) is 0 Å². The number of carbonyl (C=O) groups is 1. The summed E-state index contributed by atoms with van der Waals surface area (Å²) in [4.78, 5) is 10.9. The van der Waals surface area contributed by atoms with Crippen LogP contribution in [0.2, 0.25) is 0 Å². The first-order valence-corrected chi connectivity index (χ1v) is 10.3. The average Bonchev–Trinajstić information content (AvgIpc) is 2.50. The van der Waals surface area contributed by atoms with E-state index in [0.29, 0.717) is 6.42 Å². The fourth-order valence-corrected chi connectivity index (χ4v) is 2.98. The van der Waals surface area contributed by atoms with Gasteiger partial charge in [0.1, 0.15) is 0 Å². The topological polar surface area (TPSA) is 26.3 Å². The van der Waals surface area contributed by atoms with Crippen molar-refractivity contribution >= 4 is 28.9 Å². The molecule has 0 aliphatic carbocycles. The zero-order chi connectivity index (χ0) is 15.6. The van der Waals surface area contributed by atoms with Crippen molar-refractivity contribution in [2.75, 3.05) is 0 Å². The summed E-state index contributed by atoms with van der Waals surface area (Å²) in [7, 11) is 0. The molecular weight excluding hydrogens is 367 g/mol. The summed E-state index contributed by atoms with van der Waals surface area (Å²) in [6, 6.07) is 0. The molecule has 0 atom stereocenters. The molecule has 0 aliphatic rings. The first-order chi connectivity index (χ1) is 10.3. The molecule has 2 nitrogen and oxygen atoms in total. The first-order valence-electron chi connectivity index (χ1n) is 9.17. The van der Waals surface area contributed by atoms with Gasteiger partial charge in [0.05, 0.1) is 0 Å². The Kier molecular flexibility index (Phi) is 18.6. The summed E-state index contributed by atoms with van der Waals surface area (Å²) in [6.07, 6.45) is 21.0. The summed E-state index contributed by atoms with van der Waals surface area (Å²) in [5.74, 6) is -0.0251. The third-order valence-electron chi connectivity index (χ3n) is 4.10. The van der Waals surface area contributed by atoms with E-state index in [1.165, 1.54) is 89.9 Å². The zero-order valence-corrected chi connectivity index (χ0v) is 17.0. The molecule has 0 N–H and O–H groups in total. The SMILES string of the molecule is CCCCCCCCCCCCCCCCCC(=O)[O][Sn]. The van der Waals surface area contributed by atoms with Crippen LogP contribution in [-0.2, 0) is 7.87 Å². The second-order valence-electron chi connectivity index (χ2n) is 6.17. The van der Waals surface area contributed by atoms with Gasteiger partial charge in [-0.1, -0.05) is 45.4 Å². The van der Waals surface area contributed by atoms with Crippen LogP contribution in [-0.4, -0.2) is 28.9 Å². The number of hydrogen-bond donors (Lipinski definition) is 0. The molecule has 0 unspecified atom stereocenters. The molecule has 21 heavy (non-hydrogen) atoms. The fourth-order valence-electron chi connectivity index (χ4n) is 2.69. The molecule has 0 rings (SSSR count). The second-order valence-corrected chi connectivity index (χ2v) is 6.76. The molecule has 0 heterocycles. The normalized spacial score (nSPS) is 10.8. The number of unbranched alkanes of at least 4 members (excludes halogenated alkanes) is 14. The van der Waals surface area contributed by atoms with E-state index < -0.39 is 0 Å². The molecule has 0 aromatic heterocycles. The van der Waals surface area contributed by atoms with Crippen LogP contribution >= 0.6 is 0 Å². The summed E-state index contributed by atoms with van der Waals surface area (Å²) < 4.78 is 4.72. The Balaban J connectivity index is 2.98. The Morgan fingerprint density at radius 3 is 1.33 bits per heavy atom. The van der Waals surface area contributed by atoms with Gasteiger partial charge in [-0.2, -0.15) is 0 Å². The van der Waals surface area contributed by atoms with E-state index in [9.17, 15) is 4.79 Å². The van der Waals surface area contributed by atoms with E-state index in [2.05, 4.69) is 6.92 Å². The maximum absolute atomic E-state index is 10.9. The maximum atomic E-state index is 10.9. The zero-order valence-electron chi connectivity index (χ0n) is 14.1. The van der Waals surface area contributed by atoms with Crippen molar-refractivity contribution in [2.24, 2.45) is 0 Å². The third-order valence-corrected chi connectivity index (χ3v) is 4.75. The minimum atomic E-state index is -0.0251. The van der Waals surface area contributed by atoms with Crippen molar-refractivity contribution in [3.8, 4) is 0 Å². The van der Waals surface area contributed by atoms with E-state index in [-0.39, 0.29) is 5.97 Å². The van der Waals surface area contributed by atoms with Gasteiger partial charge in [-0.15, -0.1) is 0 Å². The van der Waals surface area contributed by atoms with E-state index >= 15 is 0 Å². The molecule has 0 fully saturated rings. The molecule has 123 valence electrons. The third kappa shape index (κ3) is 18.2. The van der Waals surface area contributed by atoms with Crippen molar-refractivity contribution in [1.29, 1.82) is 0 Å². The van der Waals surface area contributed by atoms with E-state index in [4.69, 9.17) is 3.07 Å². The Bertz CT molecular complexity index is 219. The van der Waals surface area contributed by atoms with Crippen LogP contribution in [0.5, 0.6) is 0 Å². The summed E-state index contributed by atoms with van der Waals surface area (Å²) in [6.45, 7) is 2.28. The quantitative estimate of drug-likeness (QED) is 0.238. The van der Waals surface area contributed by atoms with Gasteiger partial charge >= 0.3 is 101 Å². The molecule has 0 saturated carbocycles. The number of rotatable bonds is 16. The summed E-state index contributed by atoms with van der Waals surface area (Å²) >= 11 is 0.869. The Morgan fingerprint density at radius 1 is 0.667 bits per heavy atom. The van der Waals surface area contributed by atoms with E-state index in [1.807, 2.05) is 0 Å². The average molecular weight is 402 g/mol. The van der Waals surface area contributed by atoms with Gasteiger partial charge in [-0.05, 0) is 0 Å². The van der Waals surface area contributed by atoms with Crippen molar-refractivity contribution in [3.05, 3.63) is 0 Å². The molecule has 0 aromatic rings. The van der Waals surface area contributed by atoms with E-state index in [0.717, 1.165) is 29.4 Å². The first kappa shape index (κ1) is 21.3. The predicted molar refractivity (Wildman–Crippen MR) is 91.4 cm³/mol. The van der Waals surface area contributed by atoms with Crippen LogP contribution in [0.15, 0.2) is 0 Å². The van der Waals surface area contributed by atoms with Crippen LogP contribution in [0.4, 0.5) is 0 Å². The van der Waals surface area contributed by atoms with Crippen LogP contribution < -0.4 is 0 Å². The van der Waals surface area contributed by atoms with E-state index in [1.54, 1.807) is 0 Å². The second kappa shape index (κ2) is 18.3. The summed E-state index contributed by atoms with van der Waals surface area (Å²) in [5.41, 5.74) is 0. The van der Waals surface area contributed by atoms with Crippen LogP contribution in [0.1, 0.15) is 110 Å². The molecule has 0 bridgehead atoms. The van der Waals surface area contributed by atoms with Gasteiger partial charge in [-0.3, -0.25) is 0 Å². The molecule has 0 aromatic carbocycles. The fraction of sp³-hybridized carbons (Fsp3) is 0.944. The Hall–Kier alpha value is 0.269. The van der Waals surface area contributed by atoms with Crippen molar-refractivity contribution in [2.45, 2.75) is 110 Å². The molecule has 3 heteroatoms. The Labute approximate surface area is 146 Å². The minimum absolute atomic E-state index is 0.0251. The van der Waals surface area contributed by atoms with Crippen LogP contribution in [0.25, 0.3) is 0 Å². The molecule has 0 amide bonds. The molecule has 0 spiro atoms. The van der Waals surface area contributed by atoms with Gasteiger partial charge in [-0.25, -0.2) is 0 Å². The standard InChI is InChI=1S/C18H36O2.Sn/c1-2-3-4-5-6-7-8-9-10-11-12-13-14-15-16-17-18(19)20;/h2-17H2,1H3,(H,19,20);/q;+1/p-1. The van der Waals surface area contributed by atoms with Gasteiger partial charge in [0.2, 0.25) is 0 Å². The Morgan fingerprint density at radius 2 is 1.00 bits per heavy atom. The van der Waals surface area contributed by atoms with Crippen LogP contribution in [0.3, 0.4) is 0 Å². The molecular formula is C18H35O2Sn. The molecule has 0 saturated heterocycles. The predicted octanol–water partition coefficient (Wildman–Crippen LogP) is 5.87.